The monoisotopic (exact) mass is 162 g/mol. The Morgan fingerprint density at radius 1 is 1.00 bits per heavy atom. The summed E-state index contributed by atoms with van der Waals surface area (Å²) in [5.41, 5.74) is 1.87. The van der Waals surface area contributed by atoms with E-state index in [0.29, 0.717) is 0 Å². The predicted molar refractivity (Wildman–Crippen MR) is 48.8 cm³/mol. The first-order valence-electron chi connectivity index (χ1n) is 5.86. The molecule has 0 heterocycles. The van der Waals surface area contributed by atoms with E-state index >= 15 is 0 Å². The van der Waals surface area contributed by atoms with Crippen molar-refractivity contribution in [3.8, 4) is 0 Å². The molecule has 0 aromatic carbocycles. The lowest BCUT2D eigenvalue weighted by Crippen LogP contribution is -2.45. The summed E-state index contributed by atoms with van der Waals surface area (Å²) >= 11 is 0. The quantitative estimate of drug-likeness (QED) is 0.512. The summed E-state index contributed by atoms with van der Waals surface area (Å²) in [6.07, 6.45) is 12.9. The lowest BCUT2D eigenvalue weighted by atomic mass is 9.52. The fourth-order valence-corrected chi connectivity index (χ4v) is 5.83. The van der Waals surface area contributed by atoms with Gasteiger partial charge >= 0.3 is 0 Å². The zero-order valence-corrected chi connectivity index (χ0v) is 7.81. The largest absolute Gasteiger partial charge is 0.0527 e. The van der Waals surface area contributed by atoms with E-state index in [1.807, 2.05) is 0 Å². The van der Waals surface area contributed by atoms with Crippen LogP contribution in [0, 0.1) is 22.7 Å². The molecule has 4 bridgehead atoms. The van der Waals surface area contributed by atoms with Crippen LogP contribution in [0.4, 0.5) is 0 Å². The fraction of sp³-hybridized carbons (Fsp3) is 1.00. The van der Waals surface area contributed by atoms with Crippen LogP contribution in [0.5, 0.6) is 0 Å². The van der Waals surface area contributed by atoms with Crippen LogP contribution in [0.15, 0.2) is 0 Å². The average molecular weight is 162 g/mol. The summed E-state index contributed by atoms with van der Waals surface area (Å²) in [4.78, 5) is 0. The van der Waals surface area contributed by atoms with Gasteiger partial charge in [-0.2, -0.15) is 0 Å². The summed E-state index contributed by atoms with van der Waals surface area (Å²) in [7, 11) is 0. The van der Waals surface area contributed by atoms with Gasteiger partial charge in [0.2, 0.25) is 0 Å². The van der Waals surface area contributed by atoms with Crippen molar-refractivity contribution in [3.63, 3.8) is 0 Å². The van der Waals surface area contributed by atoms with Gasteiger partial charge in [0.25, 0.3) is 0 Å². The third-order valence-electron chi connectivity index (χ3n) is 5.95. The SMILES string of the molecule is C1CCC23CC4(C1)CC2CCC43. The standard InChI is InChI=1S/C12H18/c1-2-6-12-8-11(5-1)7-9(12)3-4-10(11)12/h9-10H,1-8H2. The van der Waals surface area contributed by atoms with Gasteiger partial charge in [-0.15, -0.1) is 0 Å². The third kappa shape index (κ3) is 0.438. The van der Waals surface area contributed by atoms with Crippen LogP contribution in [0.1, 0.15) is 51.4 Å². The van der Waals surface area contributed by atoms with Gasteiger partial charge < -0.3 is 0 Å². The van der Waals surface area contributed by atoms with Crippen molar-refractivity contribution >= 4 is 0 Å². The van der Waals surface area contributed by atoms with Gasteiger partial charge in [0, 0.05) is 0 Å². The molecule has 6 rings (SSSR count). The van der Waals surface area contributed by atoms with Crippen molar-refractivity contribution < 1.29 is 0 Å². The van der Waals surface area contributed by atoms with Crippen molar-refractivity contribution in [2.75, 3.05) is 0 Å². The molecular weight excluding hydrogens is 144 g/mol. The minimum absolute atomic E-state index is 0.930. The Bertz CT molecular complexity index is 244. The molecule has 66 valence electrons. The maximum atomic E-state index is 1.66. The number of hydrogen-bond donors (Lipinski definition) is 0. The van der Waals surface area contributed by atoms with Crippen LogP contribution in [-0.4, -0.2) is 0 Å². The van der Waals surface area contributed by atoms with E-state index in [4.69, 9.17) is 0 Å². The molecule has 0 saturated heterocycles. The molecule has 0 heteroatoms. The molecular formula is C12H18. The van der Waals surface area contributed by atoms with Gasteiger partial charge in [-0.3, -0.25) is 0 Å². The van der Waals surface area contributed by atoms with Crippen LogP contribution < -0.4 is 0 Å². The molecule has 0 aromatic rings. The Morgan fingerprint density at radius 2 is 1.92 bits per heavy atom. The molecule has 0 nitrogen and oxygen atoms in total. The van der Waals surface area contributed by atoms with E-state index in [9.17, 15) is 0 Å². The van der Waals surface area contributed by atoms with Crippen molar-refractivity contribution in [3.05, 3.63) is 0 Å². The molecule has 6 fully saturated rings. The van der Waals surface area contributed by atoms with Crippen LogP contribution in [0.25, 0.3) is 0 Å². The smallest absolute Gasteiger partial charge is 0.0230 e. The number of fused-ring (bicyclic) bond motifs is 3. The van der Waals surface area contributed by atoms with Crippen LogP contribution in [-0.2, 0) is 0 Å². The summed E-state index contributed by atoms with van der Waals surface area (Å²) in [6, 6.07) is 0. The average Bonchev–Trinajstić information content (AvgIpc) is 2.44. The highest BCUT2D eigenvalue weighted by Crippen LogP contribution is 2.83. The molecule has 6 aliphatic rings. The van der Waals surface area contributed by atoms with Gasteiger partial charge in [-0.05, 0) is 61.2 Å². The minimum Gasteiger partial charge on any atom is -0.0527 e. The maximum Gasteiger partial charge on any atom is -0.0230 e. The topological polar surface area (TPSA) is 0 Å². The summed E-state index contributed by atoms with van der Waals surface area (Å²) in [6.45, 7) is 0. The van der Waals surface area contributed by atoms with Gasteiger partial charge in [0.15, 0.2) is 0 Å². The second-order valence-corrected chi connectivity index (χ2v) is 6.01. The molecule has 6 aliphatic carbocycles. The summed E-state index contributed by atoms with van der Waals surface area (Å²) in [5, 5.41) is 0. The Hall–Kier alpha value is 0. The highest BCUT2D eigenvalue weighted by molar-refractivity contribution is 5.23. The lowest BCUT2D eigenvalue weighted by Gasteiger charge is -2.53. The van der Waals surface area contributed by atoms with Crippen molar-refractivity contribution in [1.29, 1.82) is 0 Å². The lowest BCUT2D eigenvalue weighted by molar-refractivity contribution is -0.0408. The predicted octanol–water partition coefficient (Wildman–Crippen LogP) is 3.37. The molecule has 4 atom stereocenters. The van der Waals surface area contributed by atoms with E-state index in [-0.39, 0.29) is 0 Å². The molecule has 1 spiro atoms. The first-order chi connectivity index (χ1) is 5.86. The molecule has 12 heavy (non-hydrogen) atoms. The van der Waals surface area contributed by atoms with E-state index < -0.39 is 0 Å². The normalized spacial score (nSPS) is 66.0. The zero-order chi connectivity index (χ0) is 7.81. The number of rotatable bonds is 0. The van der Waals surface area contributed by atoms with Crippen LogP contribution in [0.3, 0.4) is 0 Å². The molecule has 4 unspecified atom stereocenters. The third-order valence-corrected chi connectivity index (χ3v) is 5.95. The number of hydrogen-bond acceptors (Lipinski definition) is 0. The van der Waals surface area contributed by atoms with Gasteiger partial charge in [-0.1, -0.05) is 12.8 Å². The van der Waals surface area contributed by atoms with Crippen molar-refractivity contribution in [1.82, 2.24) is 0 Å². The minimum atomic E-state index is 0.930. The second kappa shape index (κ2) is 1.63. The van der Waals surface area contributed by atoms with E-state index in [0.717, 1.165) is 10.8 Å². The van der Waals surface area contributed by atoms with Crippen molar-refractivity contribution in [2.45, 2.75) is 51.4 Å². The Morgan fingerprint density at radius 3 is 2.92 bits per heavy atom. The first kappa shape index (κ1) is 6.45. The summed E-state index contributed by atoms with van der Waals surface area (Å²) < 4.78 is 0. The highest BCUT2D eigenvalue weighted by atomic mass is 14.8. The van der Waals surface area contributed by atoms with E-state index in [1.165, 1.54) is 11.8 Å². The zero-order valence-electron chi connectivity index (χ0n) is 7.81. The van der Waals surface area contributed by atoms with E-state index in [2.05, 4.69) is 0 Å². The molecule has 0 amide bonds. The highest BCUT2D eigenvalue weighted by Gasteiger charge is 2.74. The van der Waals surface area contributed by atoms with Crippen molar-refractivity contribution in [2.24, 2.45) is 22.7 Å². The molecule has 6 saturated carbocycles. The van der Waals surface area contributed by atoms with Crippen LogP contribution in [0.2, 0.25) is 0 Å². The second-order valence-electron chi connectivity index (χ2n) is 6.01. The summed E-state index contributed by atoms with van der Waals surface area (Å²) in [5.74, 6) is 2.42. The van der Waals surface area contributed by atoms with Crippen LogP contribution >= 0.6 is 0 Å². The fourth-order valence-electron chi connectivity index (χ4n) is 5.83. The van der Waals surface area contributed by atoms with Gasteiger partial charge in [0.1, 0.15) is 0 Å². The van der Waals surface area contributed by atoms with Gasteiger partial charge in [0.05, 0.1) is 0 Å². The molecule has 0 radical (unpaired) electrons. The molecule has 0 aliphatic heterocycles. The molecule has 0 aromatic heterocycles. The first-order valence-corrected chi connectivity index (χ1v) is 5.86. The maximum absolute atomic E-state index is 1.66. The molecule has 0 N–H and O–H groups in total. The Kier molecular flexibility index (Phi) is 0.875. The Labute approximate surface area is 74.7 Å². The Balaban J connectivity index is 1.87. The van der Waals surface area contributed by atoms with E-state index in [1.54, 1.807) is 51.4 Å². The van der Waals surface area contributed by atoms with Gasteiger partial charge in [-0.25, -0.2) is 0 Å².